The highest BCUT2D eigenvalue weighted by atomic mass is 32.1. The van der Waals surface area contributed by atoms with Gasteiger partial charge in [-0.15, -0.1) is 11.3 Å². The van der Waals surface area contributed by atoms with E-state index in [4.69, 9.17) is 5.73 Å². The Bertz CT molecular complexity index is 1000. The van der Waals surface area contributed by atoms with Gasteiger partial charge in [-0.25, -0.2) is 0 Å². The molecule has 0 unspecified atom stereocenters. The summed E-state index contributed by atoms with van der Waals surface area (Å²) in [4.78, 5) is 26.2. The van der Waals surface area contributed by atoms with Gasteiger partial charge in [-0.1, -0.05) is 42.8 Å². The second-order valence-electron chi connectivity index (χ2n) is 6.61. The Morgan fingerprint density at radius 3 is 2.58 bits per heavy atom. The van der Waals surface area contributed by atoms with Crippen molar-refractivity contribution < 1.29 is 9.59 Å². The molecule has 2 aromatic carbocycles. The number of carbonyl (C=O) groups is 2. The van der Waals surface area contributed by atoms with E-state index in [-0.39, 0.29) is 5.91 Å². The number of amides is 2. The number of primary amides is 1. The van der Waals surface area contributed by atoms with E-state index >= 15 is 0 Å². The van der Waals surface area contributed by atoms with Crippen LogP contribution < -0.4 is 11.1 Å². The van der Waals surface area contributed by atoms with Crippen LogP contribution >= 0.6 is 11.3 Å². The topological polar surface area (TPSA) is 72.2 Å². The predicted molar refractivity (Wildman–Crippen MR) is 106 cm³/mol. The largest absolute Gasteiger partial charge is 0.365 e. The second kappa shape index (κ2) is 6.92. The van der Waals surface area contributed by atoms with Crippen molar-refractivity contribution in [1.29, 1.82) is 0 Å². The van der Waals surface area contributed by atoms with Crippen molar-refractivity contribution in [3.63, 3.8) is 0 Å². The van der Waals surface area contributed by atoms with Crippen molar-refractivity contribution in [1.82, 2.24) is 0 Å². The third-order valence-corrected chi connectivity index (χ3v) is 6.14. The van der Waals surface area contributed by atoms with Crippen LogP contribution in [-0.2, 0) is 12.8 Å². The van der Waals surface area contributed by atoms with Gasteiger partial charge in [0.2, 0.25) is 0 Å². The van der Waals surface area contributed by atoms with E-state index < -0.39 is 5.91 Å². The van der Waals surface area contributed by atoms with E-state index in [1.807, 2.05) is 36.4 Å². The number of carbonyl (C=O) groups excluding carboxylic acids is 2. The van der Waals surface area contributed by atoms with Gasteiger partial charge in [0.1, 0.15) is 5.00 Å². The van der Waals surface area contributed by atoms with Crippen LogP contribution in [0.5, 0.6) is 0 Å². The van der Waals surface area contributed by atoms with Crippen LogP contribution in [0.25, 0.3) is 10.8 Å². The summed E-state index contributed by atoms with van der Waals surface area (Å²) < 4.78 is 0. The van der Waals surface area contributed by atoms with Gasteiger partial charge in [-0.05, 0) is 48.1 Å². The Balaban J connectivity index is 1.73. The van der Waals surface area contributed by atoms with E-state index in [0.29, 0.717) is 16.1 Å². The molecule has 1 aliphatic rings. The Morgan fingerprint density at radius 1 is 0.962 bits per heavy atom. The monoisotopic (exact) mass is 364 g/mol. The maximum absolute atomic E-state index is 12.9. The molecule has 3 N–H and O–H groups in total. The Morgan fingerprint density at radius 2 is 1.73 bits per heavy atom. The van der Waals surface area contributed by atoms with Crippen LogP contribution in [0, 0.1) is 0 Å². The molecule has 1 heterocycles. The molecular weight excluding hydrogens is 344 g/mol. The Kier molecular flexibility index (Phi) is 4.47. The minimum atomic E-state index is -0.461. The lowest BCUT2D eigenvalue weighted by atomic mass is 10.0. The quantitative estimate of drug-likeness (QED) is 0.671. The maximum atomic E-state index is 12.9. The zero-order chi connectivity index (χ0) is 18.1. The minimum absolute atomic E-state index is 0.208. The molecule has 26 heavy (non-hydrogen) atoms. The molecule has 0 aliphatic heterocycles. The number of anilines is 1. The van der Waals surface area contributed by atoms with Crippen LogP contribution in [0.3, 0.4) is 0 Å². The molecule has 0 atom stereocenters. The summed E-state index contributed by atoms with van der Waals surface area (Å²) in [5, 5.41) is 5.45. The highest BCUT2D eigenvalue weighted by Crippen LogP contribution is 2.37. The maximum Gasteiger partial charge on any atom is 0.256 e. The lowest BCUT2D eigenvalue weighted by Gasteiger charge is -2.08. The number of aryl methyl sites for hydroxylation is 1. The number of nitrogens with one attached hydrogen (secondary N) is 1. The first-order valence-corrected chi connectivity index (χ1v) is 9.70. The standard InChI is InChI=1S/C21H20N2O2S/c22-19(24)18-16-10-2-1-3-12-17(16)26-21(18)23-20(25)15-11-6-8-13-7-4-5-9-14(13)15/h4-9,11H,1-3,10,12H2,(H2,22,24)(H,23,25). The SMILES string of the molecule is NC(=O)c1c(NC(=O)c2cccc3ccccc23)sc2c1CCCCC2. The van der Waals surface area contributed by atoms with Gasteiger partial charge in [0, 0.05) is 10.4 Å². The van der Waals surface area contributed by atoms with E-state index in [1.54, 1.807) is 6.07 Å². The van der Waals surface area contributed by atoms with Crippen LogP contribution in [-0.4, -0.2) is 11.8 Å². The van der Waals surface area contributed by atoms with E-state index in [2.05, 4.69) is 5.32 Å². The molecule has 0 spiro atoms. The average Bonchev–Trinajstić information content (AvgIpc) is 2.82. The van der Waals surface area contributed by atoms with Gasteiger partial charge in [-0.3, -0.25) is 9.59 Å². The van der Waals surface area contributed by atoms with E-state index in [1.165, 1.54) is 16.2 Å². The first-order chi connectivity index (χ1) is 12.6. The number of nitrogens with two attached hydrogens (primary N) is 1. The normalized spacial score (nSPS) is 13.8. The molecular formula is C21H20N2O2S. The first kappa shape index (κ1) is 16.8. The molecule has 4 rings (SSSR count). The number of hydrogen-bond acceptors (Lipinski definition) is 3. The molecule has 0 saturated carbocycles. The van der Waals surface area contributed by atoms with Crippen molar-refractivity contribution >= 4 is 38.9 Å². The van der Waals surface area contributed by atoms with Crippen LogP contribution in [0.4, 0.5) is 5.00 Å². The zero-order valence-corrected chi connectivity index (χ0v) is 15.2. The number of fused-ring (bicyclic) bond motifs is 2. The fraction of sp³-hybridized carbons (Fsp3) is 0.238. The van der Waals surface area contributed by atoms with Crippen LogP contribution in [0.1, 0.15) is 50.4 Å². The van der Waals surface area contributed by atoms with Crippen molar-refractivity contribution in [3.05, 3.63) is 64.0 Å². The lowest BCUT2D eigenvalue weighted by Crippen LogP contribution is -2.18. The first-order valence-electron chi connectivity index (χ1n) is 8.88. The summed E-state index contributed by atoms with van der Waals surface area (Å²) in [6.07, 6.45) is 5.14. The molecule has 4 nitrogen and oxygen atoms in total. The molecule has 0 saturated heterocycles. The van der Waals surface area contributed by atoms with Crippen molar-refractivity contribution in [2.24, 2.45) is 5.73 Å². The van der Waals surface area contributed by atoms with Gasteiger partial charge in [0.05, 0.1) is 5.56 Å². The highest BCUT2D eigenvalue weighted by molar-refractivity contribution is 7.17. The smallest absolute Gasteiger partial charge is 0.256 e. The fourth-order valence-electron chi connectivity index (χ4n) is 3.69. The van der Waals surface area contributed by atoms with Crippen LogP contribution in [0.2, 0.25) is 0 Å². The van der Waals surface area contributed by atoms with Gasteiger partial charge in [0.15, 0.2) is 0 Å². The molecule has 0 fully saturated rings. The molecule has 1 aromatic heterocycles. The van der Waals surface area contributed by atoms with E-state index in [0.717, 1.165) is 48.4 Å². The second-order valence-corrected chi connectivity index (χ2v) is 7.72. The van der Waals surface area contributed by atoms with Crippen molar-refractivity contribution in [2.45, 2.75) is 32.1 Å². The molecule has 5 heteroatoms. The summed E-state index contributed by atoms with van der Waals surface area (Å²) in [5.74, 6) is -0.668. The lowest BCUT2D eigenvalue weighted by molar-refractivity contribution is 0.100. The average molecular weight is 364 g/mol. The Labute approximate surface area is 156 Å². The molecule has 2 amide bonds. The van der Waals surface area contributed by atoms with Crippen molar-refractivity contribution in [3.8, 4) is 0 Å². The number of benzene rings is 2. The summed E-state index contributed by atoms with van der Waals surface area (Å²) in [6, 6.07) is 13.4. The number of thiophene rings is 1. The number of hydrogen-bond donors (Lipinski definition) is 2. The molecule has 1 aliphatic carbocycles. The van der Waals surface area contributed by atoms with Crippen LogP contribution in [0.15, 0.2) is 42.5 Å². The van der Waals surface area contributed by atoms with Gasteiger partial charge in [-0.2, -0.15) is 0 Å². The highest BCUT2D eigenvalue weighted by Gasteiger charge is 2.24. The van der Waals surface area contributed by atoms with Crippen molar-refractivity contribution in [2.75, 3.05) is 5.32 Å². The summed E-state index contributed by atoms with van der Waals surface area (Å²) in [6.45, 7) is 0. The molecule has 0 bridgehead atoms. The third kappa shape index (κ3) is 2.99. The summed E-state index contributed by atoms with van der Waals surface area (Å²) in [5.41, 5.74) is 7.79. The minimum Gasteiger partial charge on any atom is -0.365 e. The van der Waals surface area contributed by atoms with Gasteiger partial charge in [0.25, 0.3) is 11.8 Å². The van der Waals surface area contributed by atoms with Gasteiger partial charge < -0.3 is 11.1 Å². The summed E-state index contributed by atoms with van der Waals surface area (Å²) in [7, 11) is 0. The van der Waals surface area contributed by atoms with E-state index in [9.17, 15) is 9.59 Å². The van der Waals surface area contributed by atoms with Gasteiger partial charge >= 0.3 is 0 Å². The zero-order valence-electron chi connectivity index (χ0n) is 14.4. The Hall–Kier alpha value is -2.66. The molecule has 0 radical (unpaired) electrons. The molecule has 132 valence electrons. The number of rotatable bonds is 3. The predicted octanol–water partition coefficient (Wildman–Crippen LogP) is 4.52. The summed E-state index contributed by atoms with van der Waals surface area (Å²) >= 11 is 1.50. The third-order valence-electron chi connectivity index (χ3n) is 4.93. The molecule has 3 aromatic rings. The fourth-order valence-corrected chi connectivity index (χ4v) is 4.97.